The second kappa shape index (κ2) is 6.34. The number of sulfonamides is 1. The smallest absolute Gasteiger partial charge is 0.294 e. The summed E-state index contributed by atoms with van der Waals surface area (Å²) in [5.41, 5.74) is -0.589. The number of hydrogen-bond acceptors (Lipinski definition) is 6. The lowest BCUT2D eigenvalue weighted by molar-refractivity contribution is 0.0988. The number of amides is 1. The van der Waals surface area contributed by atoms with Gasteiger partial charge in [-0.15, -0.1) is 0 Å². The maximum absolute atomic E-state index is 14.5. The van der Waals surface area contributed by atoms with Crippen LogP contribution in [0.2, 0.25) is 0 Å². The van der Waals surface area contributed by atoms with Crippen LogP contribution in [0.1, 0.15) is 28.7 Å². The summed E-state index contributed by atoms with van der Waals surface area (Å²) in [6.07, 6.45) is 0. The molecule has 1 amide bonds. The summed E-state index contributed by atoms with van der Waals surface area (Å²) >= 11 is 0. The van der Waals surface area contributed by atoms with Crippen LogP contribution in [-0.2, 0) is 15.6 Å². The fraction of sp³-hybridized carbons (Fsp3) is 0.312. The topological polar surface area (TPSA) is 128 Å². The van der Waals surface area contributed by atoms with Gasteiger partial charge in [0.15, 0.2) is 0 Å². The Hall–Kier alpha value is -2.95. The molecule has 0 unspecified atom stereocenters. The first-order valence-electron chi connectivity index (χ1n) is 7.90. The number of nitrogens with zero attached hydrogens (tertiary/aromatic N) is 2. The van der Waals surface area contributed by atoms with E-state index in [1.54, 1.807) is 6.92 Å². The lowest BCUT2D eigenvalue weighted by Crippen LogP contribution is -2.61. The Balaban J connectivity index is 1.93. The molecule has 1 aromatic heterocycles. The van der Waals surface area contributed by atoms with Crippen molar-refractivity contribution in [2.45, 2.75) is 19.4 Å². The third kappa shape index (κ3) is 3.50. The molecule has 9 nitrogen and oxygen atoms in total. The average Bonchev–Trinajstić information content (AvgIpc) is 3.00. The largest absolute Gasteiger partial charge is 0.351 e. The van der Waals surface area contributed by atoms with Crippen molar-refractivity contribution >= 4 is 27.6 Å². The van der Waals surface area contributed by atoms with Crippen LogP contribution in [0.5, 0.6) is 0 Å². The summed E-state index contributed by atoms with van der Waals surface area (Å²) < 4.78 is 44.7. The van der Waals surface area contributed by atoms with E-state index in [0.717, 1.165) is 10.4 Å². The lowest BCUT2D eigenvalue weighted by atomic mass is 9.93. The molecule has 1 saturated heterocycles. The third-order valence-electron chi connectivity index (χ3n) is 4.27. The van der Waals surface area contributed by atoms with E-state index in [4.69, 9.17) is 9.93 Å². The van der Waals surface area contributed by atoms with Gasteiger partial charge in [0.2, 0.25) is 21.7 Å². The van der Waals surface area contributed by atoms with Gasteiger partial charge >= 0.3 is 0 Å². The summed E-state index contributed by atoms with van der Waals surface area (Å²) in [6, 6.07) is 5.25. The first-order chi connectivity index (χ1) is 12.5. The van der Waals surface area contributed by atoms with Crippen LogP contribution < -0.4 is 10.6 Å². The third-order valence-corrected chi connectivity index (χ3v) is 6.23. The Kier molecular flexibility index (Phi) is 4.42. The Morgan fingerprint density at radius 1 is 1.44 bits per heavy atom. The number of carbonyl (C=O) groups excluding carboxylic acids is 1. The summed E-state index contributed by atoms with van der Waals surface area (Å²) in [4.78, 5) is 12.2. The van der Waals surface area contributed by atoms with E-state index in [1.165, 1.54) is 32.2 Å². The number of nitrogens with one attached hydrogen (secondary N) is 3. The first-order valence-corrected chi connectivity index (χ1v) is 9.51. The standard InChI is InChI=1S/C16H18FN5O4S/c1-9-6-13(26-21-9)14(23)19-10-4-5-12(17)11(7-10)16(2)8-27(24,25)22(3)15(18)20-16/h4-7H,8H2,1-3H3,(H2,18,20)(H,19,23)/t16-/m0/s1. The van der Waals surface area contributed by atoms with Crippen molar-refractivity contribution < 1.29 is 22.1 Å². The van der Waals surface area contributed by atoms with Crippen LogP contribution >= 0.6 is 0 Å². The van der Waals surface area contributed by atoms with Crippen molar-refractivity contribution in [2.75, 3.05) is 18.1 Å². The second-order valence-electron chi connectivity index (χ2n) is 6.51. The Morgan fingerprint density at radius 3 is 2.74 bits per heavy atom. The van der Waals surface area contributed by atoms with Crippen molar-refractivity contribution in [3.05, 3.63) is 47.1 Å². The molecule has 0 spiro atoms. The van der Waals surface area contributed by atoms with E-state index < -0.39 is 33.0 Å². The number of anilines is 1. The van der Waals surface area contributed by atoms with Crippen LogP contribution in [0, 0.1) is 18.2 Å². The molecule has 0 saturated carbocycles. The van der Waals surface area contributed by atoms with E-state index in [-0.39, 0.29) is 23.0 Å². The minimum Gasteiger partial charge on any atom is -0.351 e. The first kappa shape index (κ1) is 18.8. The quantitative estimate of drug-likeness (QED) is 0.720. The molecular formula is C16H18FN5O4S. The van der Waals surface area contributed by atoms with E-state index in [1.807, 2.05) is 0 Å². The van der Waals surface area contributed by atoms with Crippen molar-refractivity contribution in [1.82, 2.24) is 14.8 Å². The molecule has 1 aliphatic rings. The Labute approximate surface area is 155 Å². The number of hydrogen-bond donors (Lipinski definition) is 3. The highest BCUT2D eigenvalue weighted by Gasteiger charge is 2.43. The van der Waals surface area contributed by atoms with Gasteiger partial charge in [0.1, 0.15) is 5.82 Å². The number of rotatable bonds is 3. The van der Waals surface area contributed by atoms with E-state index in [0.29, 0.717) is 5.69 Å². The molecule has 1 atom stereocenters. The lowest BCUT2D eigenvalue weighted by Gasteiger charge is -2.40. The van der Waals surface area contributed by atoms with Gasteiger partial charge in [-0.1, -0.05) is 5.16 Å². The summed E-state index contributed by atoms with van der Waals surface area (Å²) in [5, 5.41) is 16.7. The average molecular weight is 395 g/mol. The minimum atomic E-state index is -3.79. The van der Waals surface area contributed by atoms with Gasteiger partial charge in [0.05, 0.1) is 17.0 Å². The number of benzene rings is 1. The van der Waals surface area contributed by atoms with Crippen molar-refractivity contribution in [3.63, 3.8) is 0 Å². The van der Waals surface area contributed by atoms with Crippen LogP contribution in [0.25, 0.3) is 0 Å². The minimum absolute atomic E-state index is 0.00800. The Bertz CT molecular complexity index is 1040. The normalized spacial score (nSPS) is 21.6. The highest BCUT2D eigenvalue weighted by atomic mass is 32.2. The monoisotopic (exact) mass is 395 g/mol. The maximum Gasteiger partial charge on any atom is 0.294 e. The number of carbonyl (C=O) groups is 1. The van der Waals surface area contributed by atoms with Gasteiger partial charge < -0.3 is 15.2 Å². The van der Waals surface area contributed by atoms with Gasteiger partial charge in [0, 0.05) is 24.4 Å². The summed E-state index contributed by atoms with van der Waals surface area (Å²) in [6.45, 7) is 3.15. The number of guanidine groups is 1. The van der Waals surface area contributed by atoms with Gasteiger partial charge in [-0.3, -0.25) is 10.2 Å². The number of aromatic nitrogens is 1. The summed E-state index contributed by atoms with van der Waals surface area (Å²) in [5.74, 6) is -2.06. The molecule has 2 aromatic rings. The van der Waals surface area contributed by atoms with Gasteiger partial charge in [0.25, 0.3) is 5.91 Å². The molecule has 3 N–H and O–H groups in total. The predicted molar refractivity (Wildman–Crippen MR) is 95.4 cm³/mol. The molecule has 1 aromatic carbocycles. The fourth-order valence-corrected chi connectivity index (χ4v) is 4.29. The molecule has 0 radical (unpaired) electrons. The van der Waals surface area contributed by atoms with Crippen molar-refractivity contribution in [1.29, 1.82) is 5.41 Å². The fourth-order valence-electron chi connectivity index (χ4n) is 2.81. The zero-order valence-electron chi connectivity index (χ0n) is 14.8. The number of aryl methyl sites for hydroxylation is 1. The molecule has 27 heavy (non-hydrogen) atoms. The van der Waals surface area contributed by atoms with E-state index in [9.17, 15) is 17.6 Å². The predicted octanol–water partition coefficient (Wildman–Crippen LogP) is 1.39. The molecule has 0 bridgehead atoms. The molecule has 1 fully saturated rings. The van der Waals surface area contributed by atoms with Crippen LogP contribution in [0.4, 0.5) is 10.1 Å². The second-order valence-corrected chi connectivity index (χ2v) is 8.51. The Morgan fingerprint density at radius 2 is 2.15 bits per heavy atom. The molecule has 3 rings (SSSR count). The highest BCUT2D eigenvalue weighted by molar-refractivity contribution is 7.89. The molecular weight excluding hydrogens is 377 g/mol. The summed E-state index contributed by atoms with van der Waals surface area (Å²) in [7, 11) is -2.54. The molecule has 2 heterocycles. The maximum atomic E-state index is 14.5. The zero-order valence-corrected chi connectivity index (χ0v) is 15.6. The van der Waals surface area contributed by atoms with Crippen molar-refractivity contribution in [3.8, 4) is 0 Å². The van der Waals surface area contributed by atoms with E-state index >= 15 is 0 Å². The van der Waals surface area contributed by atoms with Gasteiger partial charge in [-0.2, -0.15) is 0 Å². The molecule has 11 heteroatoms. The van der Waals surface area contributed by atoms with Crippen LogP contribution in [0.3, 0.4) is 0 Å². The zero-order chi connectivity index (χ0) is 20.0. The number of halogens is 1. The van der Waals surface area contributed by atoms with Crippen LogP contribution in [0.15, 0.2) is 28.8 Å². The van der Waals surface area contributed by atoms with Gasteiger partial charge in [-0.25, -0.2) is 17.1 Å². The molecule has 144 valence electrons. The van der Waals surface area contributed by atoms with Crippen molar-refractivity contribution in [2.24, 2.45) is 0 Å². The molecule has 1 aliphatic heterocycles. The van der Waals surface area contributed by atoms with Crippen LogP contribution in [-0.4, -0.2) is 42.5 Å². The van der Waals surface area contributed by atoms with E-state index in [2.05, 4.69) is 15.8 Å². The molecule has 0 aliphatic carbocycles. The SMILES string of the molecule is Cc1cc(C(=O)Nc2ccc(F)c([C@]3(C)CS(=O)(=O)N(C)C(=N)N3)c2)on1. The highest BCUT2D eigenvalue weighted by Crippen LogP contribution is 2.31. The van der Waals surface area contributed by atoms with Gasteiger partial charge in [-0.05, 0) is 32.0 Å².